The van der Waals surface area contributed by atoms with Crippen LogP contribution in [0.1, 0.15) is 43.6 Å². The van der Waals surface area contributed by atoms with E-state index in [2.05, 4.69) is 29.6 Å². The van der Waals surface area contributed by atoms with Crippen LogP contribution < -0.4 is 5.73 Å². The van der Waals surface area contributed by atoms with Crippen molar-refractivity contribution >= 4 is 21.4 Å². The Labute approximate surface area is 113 Å². The second-order valence-corrected chi connectivity index (χ2v) is 6.34. The first-order valence-electron chi connectivity index (χ1n) is 7.06. The maximum absolute atomic E-state index is 6.02. The molecular formula is C16H21NS. The highest BCUT2D eigenvalue weighted by Gasteiger charge is 2.25. The molecule has 0 spiro atoms. The Morgan fingerprint density at radius 2 is 2.00 bits per heavy atom. The maximum atomic E-state index is 6.02. The Morgan fingerprint density at radius 1 is 1.11 bits per heavy atom. The Balaban J connectivity index is 2.02. The predicted octanol–water partition coefficient (Wildman–Crippen LogP) is 4.52. The number of hydrogen-bond acceptors (Lipinski definition) is 2. The lowest BCUT2D eigenvalue weighted by atomic mass is 9.82. The van der Waals surface area contributed by atoms with Crippen molar-refractivity contribution in [3.05, 3.63) is 35.2 Å². The van der Waals surface area contributed by atoms with Crippen molar-refractivity contribution in [1.29, 1.82) is 0 Å². The normalized spacial score (nSPS) is 25.2. The molecule has 0 amide bonds. The smallest absolute Gasteiger partial charge is 0.0377 e. The van der Waals surface area contributed by atoms with Crippen molar-refractivity contribution < 1.29 is 0 Å². The van der Waals surface area contributed by atoms with E-state index in [0.717, 1.165) is 6.54 Å². The third-order valence-corrected chi connectivity index (χ3v) is 5.35. The highest BCUT2D eigenvalue weighted by atomic mass is 32.1. The molecule has 18 heavy (non-hydrogen) atoms. The van der Waals surface area contributed by atoms with Gasteiger partial charge in [-0.1, -0.05) is 37.5 Å². The van der Waals surface area contributed by atoms with E-state index in [4.69, 9.17) is 5.73 Å². The van der Waals surface area contributed by atoms with Crippen LogP contribution in [-0.4, -0.2) is 6.54 Å². The van der Waals surface area contributed by atoms with Crippen molar-refractivity contribution in [1.82, 2.24) is 0 Å². The third-order valence-electron chi connectivity index (χ3n) is 4.37. The molecule has 1 aliphatic carbocycles. The van der Waals surface area contributed by atoms with E-state index >= 15 is 0 Å². The summed E-state index contributed by atoms with van der Waals surface area (Å²) < 4.78 is 1.49. The Kier molecular flexibility index (Phi) is 3.67. The molecule has 0 radical (unpaired) electrons. The molecule has 96 valence electrons. The molecule has 1 aromatic heterocycles. The van der Waals surface area contributed by atoms with Crippen LogP contribution in [0.4, 0.5) is 0 Å². The number of rotatable bonds is 2. The standard InChI is InChI=1S/C16H21NS/c17-11-13-5-2-1-3-7-14(13)15-8-4-6-12-9-10-18-16(12)15/h4,6,8-10,13-14H,1-3,5,7,11,17H2. The molecular weight excluding hydrogens is 238 g/mol. The monoisotopic (exact) mass is 259 g/mol. The third kappa shape index (κ3) is 2.19. The fraction of sp³-hybridized carbons (Fsp3) is 0.500. The van der Waals surface area contributed by atoms with Crippen molar-refractivity contribution in [3.63, 3.8) is 0 Å². The lowest BCUT2D eigenvalue weighted by Gasteiger charge is -2.24. The zero-order valence-electron chi connectivity index (χ0n) is 10.8. The van der Waals surface area contributed by atoms with Crippen molar-refractivity contribution in [2.24, 2.45) is 11.7 Å². The average Bonchev–Trinajstić information content (AvgIpc) is 2.76. The topological polar surface area (TPSA) is 26.0 Å². The molecule has 2 unspecified atom stereocenters. The van der Waals surface area contributed by atoms with Crippen LogP contribution in [0, 0.1) is 5.92 Å². The summed E-state index contributed by atoms with van der Waals surface area (Å²) in [6, 6.07) is 9.00. The van der Waals surface area contributed by atoms with E-state index < -0.39 is 0 Å². The van der Waals surface area contributed by atoms with Crippen LogP contribution in [0.5, 0.6) is 0 Å². The molecule has 2 N–H and O–H groups in total. The van der Waals surface area contributed by atoms with Gasteiger partial charge in [-0.15, -0.1) is 11.3 Å². The molecule has 1 aromatic carbocycles. The van der Waals surface area contributed by atoms with Crippen molar-refractivity contribution in [2.45, 2.75) is 38.0 Å². The molecule has 1 fully saturated rings. The zero-order chi connectivity index (χ0) is 12.4. The summed E-state index contributed by atoms with van der Waals surface area (Å²) in [4.78, 5) is 0. The summed E-state index contributed by atoms with van der Waals surface area (Å²) in [5.74, 6) is 1.36. The van der Waals surface area contributed by atoms with Gasteiger partial charge in [0.15, 0.2) is 0 Å². The molecule has 1 heterocycles. The number of hydrogen-bond donors (Lipinski definition) is 1. The minimum atomic E-state index is 0.680. The van der Waals surface area contributed by atoms with Gasteiger partial charge in [0.05, 0.1) is 0 Å². The molecule has 1 saturated carbocycles. The first-order valence-corrected chi connectivity index (χ1v) is 7.94. The van der Waals surface area contributed by atoms with E-state index in [9.17, 15) is 0 Å². The fourth-order valence-corrected chi connectivity index (χ4v) is 4.36. The minimum absolute atomic E-state index is 0.680. The second-order valence-electron chi connectivity index (χ2n) is 5.43. The Hall–Kier alpha value is -0.860. The summed E-state index contributed by atoms with van der Waals surface area (Å²) in [5, 5.41) is 3.61. The summed E-state index contributed by atoms with van der Waals surface area (Å²) >= 11 is 1.89. The van der Waals surface area contributed by atoms with Gasteiger partial charge in [-0.3, -0.25) is 0 Å². The lowest BCUT2D eigenvalue weighted by Crippen LogP contribution is -2.21. The molecule has 2 heteroatoms. The highest BCUT2D eigenvalue weighted by Crippen LogP contribution is 2.40. The zero-order valence-corrected chi connectivity index (χ0v) is 11.6. The van der Waals surface area contributed by atoms with Gasteiger partial charge in [-0.2, -0.15) is 0 Å². The van der Waals surface area contributed by atoms with Crippen LogP contribution in [-0.2, 0) is 0 Å². The summed E-state index contributed by atoms with van der Waals surface area (Å²) in [6.45, 7) is 0.840. The first kappa shape index (κ1) is 12.2. The van der Waals surface area contributed by atoms with Crippen molar-refractivity contribution in [3.8, 4) is 0 Å². The minimum Gasteiger partial charge on any atom is -0.330 e. The van der Waals surface area contributed by atoms with Gasteiger partial charge < -0.3 is 5.73 Å². The molecule has 2 atom stereocenters. The SMILES string of the molecule is NCC1CCCCCC1c1cccc2ccsc12. The van der Waals surface area contributed by atoms with E-state index in [1.807, 2.05) is 11.3 Å². The molecule has 3 rings (SSSR count). The number of fused-ring (bicyclic) bond motifs is 1. The largest absolute Gasteiger partial charge is 0.330 e. The highest BCUT2D eigenvalue weighted by molar-refractivity contribution is 7.17. The molecule has 2 aromatic rings. The molecule has 1 aliphatic rings. The Bertz CT molecular complexity index is 517. The number of benzene rings is 1. The van der Waals surface area contributed by atoms with E-state index in [1.54, 1.807) is 5.56 Å². The molecule has 0 bridgehead atoms. The number of thiophene rings is 1. The summed E-state index contributed by atoms with van der Waals surface area (Å²) in [7, 11) is 0. The van der Waals surface area contributed by atoms with Crippen LogP contribution in [0.2, 0.25) is 0 Å². The van der Waals surface area contributed by atoms with Crippen LogP contribution in [0.15, 0.2) is 29.6 Å². The predicted molar refractivity (Wildman–Crippen MR) is 80.2 cm³/mol. The Morgan fingerprint density at radius 3 is 2.89 bits per heavy atom. The lowest BCUT2D eigenvalue weighted by molar-refractivity contribution is 0.410. The second kappa shape index (κ2) is 5.41. The van der Waals surface area contributed by atoms with Gasteiger partial charge >= 0.3 is 0 Å². The van der Waals surface area contributed by atoms with Crippen molar-refractivity contribution in [2.75, 3.05) is 6.54 Å². The quantitative estimate of drug-likeness (QED) is 0.788. The van der Waals surface area contributed by atoms with Gasteiger partial charge in [-0.05, 0) is 53.6 Å². The van der Waals surface area contributed by atoms with Crippen LogP contribution >= 0.6 is 11.3 Å². The maximum Gasteiger partial charge on any atom is 0.0377 e. The number of nitrogens with two attached hydrogens (primary N) is 1. The van der Waals surface area contributed by atoms with E-state index in [0.29, 0.717) is 11.8 Å². The van der Waals surface area contributed by atoms with E-state index in [-0.39, 0.29) is 0 Å². The van der Waals surface area contributed by atoms with E-state index in [1.165, 1.54) is 42.2 Å². The summed E-state index contributed by atoms with van der Waals surface area (Å²) in [5.41, 5.74) is 7.58. The van der Waals surface area contributed by atoms with Gasteiger partial charge in [0.2, 0.25) is 0 Å². The van der Waals surface area contributed by atoms with Crippen LogP contribution in [0.25, 0.3) is 10.1 Å². The fourth-order valence-electron chi connectivity index (χ4n) is 3.38. The van der Waals surface area contributed by atoms with Gasteiger partial charge in [0.1, 0.15) is 0 Å². The van der Waals surface area contributed by atoms with Gasteiger partial charge in [-0.25, -0.2) is 0 Å². The summed E-state index contributed by atoms with van der Waals surface area (Å²) in [6.07, 6.45) is 6.73. The first-order chi connectivity index (χ1) is 8.90. The molecule has 0 aliphatic heterocycles. The molecule has 1 nitrogen and oxygen atoms in total. The average molecular weight is 259 g/mol. The van der Waals surface area contributed by atoms with Gasteiger partial charge in [0.25, 0.3) is 0 Å². The van der Waals surface area contributed by atoms with Gasteiger partial charge in [0, 0.05) is 4.70 Å². The molecule has 0 saturated heterocycles. The van der Waals surface area contributed by atoms with Crippen LogP contribution in [0.3, 0.4) is 0 Å².